The molecule has 0 aromatic heterocycles. The van der Waals surface area contributed by atoms with E-state index in [1.54, 1.807) is 7.11 Å². The summed E-state index contributed by atoms with van der Waals surface area (Å²) >= 11 is -4.77. The van der Waals surface area contributed by atoms with Gasteiger partial charge in [0, 0.05) is 0 Å². The third-order valence-corrected chi connectivity index (χ3v) is 21.8. The molecule has 0 amide bonds. The van der Waals surface area contributed by atoms with Crippen molar-refractivity contribution in [1.82, 2.24) is 0 Å². The van der Waals surface area contributed by atoms with Crippen molar-refractivity contribution in [2.45, 2.75) is 30.4 Å². The van der Waals surface area contributed by atoms with Gasteiger partial charge in [-0.1, -0.05) is 0 Å². The van der Waals surface area contributed by atoms with Gasteiger partial charge in [-0.3, -0.25) is 0 Å². The van der Waals surface area contributed by atoms with Gasteiger partial charge in [0.25, 0.3) is 0 Å². The van der Waals surface area contributed by atoms with Crippen molar-refractivity contribution in [1.29, 1.82) is 0 Å². The third kappa shape index (κ3) is 2.99. The van der Waals surface area contributed by atoms with Gasteiger partial charge in [0.2, 0.25) is 0 Å². The SMILES string of the molecule is C[O][Ti]([Cl])([Cl])([c]1c(C2c3ccccc3-c3ccccc32)ccc2ccccc12)[C](C)(C)C. The van der Waals surface area contributed by atoms with Gasteiger partial charge in [-0.15, -0.1) is 0 Å². The van der Waals surface area contributed by atoms with Crippen LogP contribution >= 0.6 is 18.6 Å². The van der Waals surface area contributed by atoms with E-state index in [0.29, 0.717) is 0 Å². The Balaban J connectivity index is 1.94. The number of halogens is 2. The number of benzene rings is 4. The number of hydrogen-bond acceptors (Lipinski definition) is 1. The first-order valence-electron chi connectivity index (χ1n) is 11.0. The molecule has 0 atom stereocenters. The van der Waals surface area contributed by atoms with Gasteiger partial charge >= 0.3 is 200 Å². The zero-order valence-electron chi connectivity index (χ0n) is 18.8. The Kier molecular flexibility index (Phi) is 5.17. The van der Waals surface area contributed by atoms with E-state index in [1.165, 1.54) is 22.3 Å². The molecule has 32 heavy (non-hydrogen) atoms. The summed E-state index contributed by atoms with van der Waals surface area (Å²) in [4.78, 5) is 0. The van der Waals surface area contributed by atoms with Gasteiger partial charge in [0.1, 0.15) is 0 Å². The van der Waals surface area contributed by atoms with Gasteiger partial charge in [-0.25, -0.2) is 0 Å². The molecule has 0 saturated carbocycles. The fourth-order valence-corrected chi connectivity index (χ4v) is 11.6. The predicted octanol–water partition coefficient (Wildman–Crippen LogP) is 8.40. The molecule has 163 valence electrons. The van der Waals surface area contributed by atoms with Crippen LogP contribution in [0.4, 0.5) is 0 Å². The predicted molar refractivity (Wildman–Crippen MR) is 135 cm³/mol. The van der Waals surface area contributed by atoms with Gasteiger partial charge in [0.15, 0.2) is 0 Å². The van der Waals surface area contributed by atoms with E-state index in [4.69, 9.17) is 21.9 Å². The van der Waals surface area contributed by atoms with Crippen LogP contribution in [0.2, 0.25) is 3.72 Å². The summed E-state index contributed by atoms with van der Waals surface area (Å²) < 4.78 is 6.87. The summed E-state index contributed by atoms with van der Waals surface area (Å²) in [6.07, 6.45) is 0. The van der Waals surface area contributed by atoms with E-state index in [-0.39, 0.29) is 5.92 Å². The molecule has 4 aromatic carbocycles. The first kappa shape index (κ1) is 22.2. The van der Waals surface area contributed by atoms with E-state index in [2.05, 4.69) is 106 Å². The average molecular weight is 498 g/mol. The van der Waals surface area contributed by atoms with Gasteiger partial charge in [-0.05, 0) is 0 Å². The van der Waals surface area contributed by atoms with Crippen LogP contribution < -0.4 is 3.87 Å². The molecule has 0 saturated heterocycles. The van der Waals surface area contributed by atoms with E-state index >= 15 is 0 Å². The summed E-state index contributed by atoms with van der Waals surface area (Å²) in [5, 5.41) is 2.22. The zero-order valence-corrected chi connectivity index (χ0v) is 21.9. The van der Waals surface area contributed by atoms with Crippen molar-refractivity contribution < 1.29 is 16.9 Å². The number of fused-ring (bicyclic) bond motifs is 4. The Hall–Kier alpha value is -1.61. The maximum atomic E-state index is 7.63. The molecule has 0 unspecified atom stereocenters. The Morgan fingerprint density at radius 3 is 1.78 bits per heavy atom. The normalized spacial score (nSPS) is 15.2. The molecule has 0 fully saturated rings. The fraction of sp³-hybridized carbons (Fsp3) is 0.214. The molecule has 4 aromatic rings. The quantitative estimate of drug-likeness (QED) is 0.227. The van der Waals surface area contributed by atoms with Crippen LogP contribution in [0, 0.1) is 0 Å². The Labute approximate surface area is 199 Å². The zero-order chi connectivity index (χ0) is 22.7. The maximum absolute atomic E-state index is 7.63. The van der Waals surface area contributed by atoms with E-state index in [9.17, 15) is 0 Å². The molecular weight excluding hydrogens is 471 g/mol. The van der Waals surface area contributed by atoms with Crippen molar-refractivity contribution in [3.05, 3.63) is 102 Å². The molecule has 0 aliphatic heterocycles. The summed E-state index contributed by atoms with van der Waals surface area (Å²) in [5.41, 5.74) is 6.28. The topological polar surface area (TPSA) is 9.23 Å². The second kappa shape index (κ2) is 7.45. The van der Waals surface area contributed by atoms with E-state index in [1.807, 2.05) is 0 Å². The van der Waals surface area contributed by atoms with Crippen LogP contribution in [0.3, 0.4) is 0 Å². The minimum atomic E-state index is -4.77. The summed E-state index contributed by atoms with van der Waals surface area (Å²) in [6, 6.07) is 30.1. The number of hydrogen-bond donors (Lipinski definition) is 0. The van der Waals surface area contributed by atoms with Crippen LogP contribution in [-0.4, -0.2) is 7.11 Å². The molecule has 5 rings (SSSR count). The first-order valence-corrected chi connectivity index (χ1v) is 17.5. The molecule has 1 aliphatic rings. The van der Waals surface area contributed by atoms with E-state index in [0.717, 1.165) is 20.2 Å². The van der Waals surface area contributed by atoms with Crippen LogP contribution in [0.15, 0.2) is 84.9 Å². The van der Waals surface area contributed by atoms with Gasteiger partial charge in [0.05, 0.1) is 0 Å². The Morgan fingerprint density at radius 1 is 0.688 bits per heavy atom. The second-order valence-electron chi connectivity index (χ2n) is 9.75. The Bertz CT molecular complexity index is 1310. The fourth-order valence-electron chi connectivity index (χ4n) is 5.27. The molecule has 0 radical (unpaired) electrons. The van der Waals surface area contributed by atoms with Gasteiger partial charge < -0.3 is 0 Å². The molecule has 0 heterocycles. The van der Waals surface area contributed by atoms with Crippen molar-refractivity contribution in [2.24, 2.45) is 0 Å². The molecule has 1 nitrogen and oxygen atoms in total. The van der Waals surface area contributed by atoms with Crippen LogP contribution in [0.25, 0.3) is 21.9 Å². The van der Waals surface area contributed by atoms with Crippen molar-refractivity contribution in [3.63, 3.8) is 0 Å². The van der Waals surface area contributed by atoms with Crippen molar-refractivity contribution in [3.8, 4) is 11.1 Å². The van der Waals surface area contributed by atoms with E-state index < -0.39 is 17.3 Å². The van der Waals surface area contributed by atoms with Crippen LogP contribution in [-0.2, 0) is 16.9 Å². The average Bonchev–Trinajstić information content (AvgIpc) is 3.12. The number of rotatable bonds is 3. The molecular formula is C28H27Cl2OTi. The summed E-state index contributed by atoms with van der Waals surface area (Å²) in [7, 11) is 16.9. The minimum absolute atomic E-state index is 0.0556. The first-order chi connectivity index (χ1) is 15.2. The third-order valence-electron chi connectivity index (χ3n) is 7.13. The second-order valence-corrected chi connectivity index (χ2v) is 23.2. The van der Waals surface area contributed by atoms with Crippen molar-refractivity contribution >= 4 is 33.3 Å². The van der Waals surface area contributed by atoms with Crippen molar-refractivity contribution in [2.75, 3.05) is 7.11 Å². The monoisotopic (exact) mass is 497 g/mol. The van der Waals surface area contributed by atoms with Gasteiger partial charge in [-0.2, -0.15) is 0 Å². The molecule has 0 bridgehead atoms. The van der Waals surface area contributed by atoms with Crippen LogP contribution in [0.5, 0.6) is 0 Å². The standard InChI is InChI=1S/C23H15.C4H9.CH3O.2ClH.Ti/c1-2-8-17-15-18(14-13-16(17)7-1)23-21-11-5-3-9-19(21)20-10-4-6-12-22(20)23;1-4(2)3;1-2;;;/h1-14,23H;1-3H3;1H3;2*1H;/q;;-1;;;+3/p-2. The molecule has 4 heteroatoms. The molecule has 0 spiro atoms. The summed E-state index contributed by atoms with van der Waals surface area (Å²) in [5.74, 6) is 0.0556. The molecule has 0 N–H and O–H groups in total. The van der Waals surface area contributed by atoms with Crippen LogP contribution in [0.1, 0.15) is 43.4 Å². The molecule has 1 aliphatic carbocycles. The Morgan fingerprint density at radius 2 is 1.22 bits per heavy atom. The summed E-state index contributed by atoms with van der Waals surface area (Å²) in [6.45, 7) is 6.32.